The smallest absolute Gasteiger partial charge is 0.116 e. The maximum atomic E-state index is 13.0. The highest BCUT2D eigenvalue weighted by Crippen LogP contribution is 2.29. The van der Waals surface area contributed by atoms with E-state index in [-0.39, 0.29) is 12.6 Å². The van der Waals surface area contributed by atoms with E-state index in [9.17, 15) is 4.39 Å². The molecule has 0 radical (unpaired) electrons. The van der Waals surface area contributed by atoms with Crippen LogP contribution in [0.15, 0.2) is 0 Å². The van der Waals surface area contributed by atoms with Crippen LogP contribution in [0.25, 0.3) is 0 Å². The lowest BCUT2D eigenvalue weighted by Gasteiger charge is -2.42. The highest BCUT2D eigenvalue weighted by atomic mass is 19.1. The van der Waals surface area contributed by atoms with Crippen molar-refractivity contribution in [2.24, 2.45) is 0 Å². The fourth-order valence-corrected chi connectivity index (χ4v) is 1.74. The molecule has 0 aliphatic heterocycles. The average Bonchev–Trinajstić information content (AvgIpc) is 2.01. The second-order valence-electron chi connectivity index (χ2n) is 3.72. The summed E-state index contributed by atoms with van der Waals surface area (Å²) in [5, 5.41) is 8.78. The molecule has 72 valence electrons. The summed E-state index contributed by atoms with van der Waals surface area (Å²) >= 11 is 0. The topological polar surface area (TPSA) is 23.5 Å². The van der Waals surface area contributed by atoms with Gasteiger partial charge in [0.05, 0.1) is 6.61 Å². The summed E-state index contributed by atoms with van der Waals surface area (Å²) in [6.45, 7) is 4.81. The molecule has 0 aromatic heterocycles. The first-order chi connectivity index (χ1) is 5.66. The van der Waals surface area contributed by atoms with Gasteiger partial charge in [0.25, 0.3) is 0 Å². The van der Waals surface area contributed by atoms with E-state index < -0.39 is 6.17 Å². The molecule has 2 nitrogen and oxygen atoms in total. The monoisotopic (exact) mass is 175 g/mol. The zero-order valence-electron chi connectivity index (χ0n) is 7.83. The Kier molecular flexibility index (Phi) is 3.47. The first-order valence-corrected chi connectivity index (χ1v) is 4.67. The minimum atomic E-state index is -0.668. The summed E-state index contributed by atoms with van der Waals surface area (Å²) in [7, 11) is 0. The largest absolute Gasteiger partial charge is 0.395 e. The summed E-state index contributed by atoms with van der Waals surface area (Å²) in [4.78, 5) is 2.05. The quantitative estimate of drug-likeness (QED) is 0.693. The van der Waals surface area contributed by atoms with Gasteiger partial charge >= 0.3 is 0 Å². The molecule has 2 atom stereocenters. The Hall–Kier alpha value is -0.150. The van der Waals surface area contributed by atoms with Crippen LogP contribution >= 0.6 is 0 Å². The maximum Gasteiger partial charge on any atom is 0.116 e. The molecule has 0 spiro atoms. The molecular formula is C9H18FNO. The zero-order chi connectivity index (χ0) is 9.14. The van der Waals surface area contributed by atoms with Gasteiger partial charge in [-0.15, -0.1) is 0 Å². The van der Waals surface area contributed by atoms with Crippen LogP contribution in [-0.2, 0) is 0 Å². The second kappa shape index (κ2) is 4.19. The molecule has 1 N–H and O–H groups in total. The van der Waals surface area contributed by atoms with Crippen LogP contribution in [0.1, 0.15) is 26.7 Å². The van der Waals surface area contributed by atoms with Crippen LogP contribution in [0.3, 0.4) is 0 Å². The molecule has 2 unspecified atom stereocenters. The summed E-state index contributed by atoms with van der Waals surface area (Å²) < 4.78 is 13.0. The molecule has 1 aliphatic carbocycles. The highest BCUT2D eigenvalue weighted by Gasteiger charge is 2.36. The maximum absolute atomic E-state index is 13.0. The van der Waals surface area contributed by atoms with Gasteiger partial charge in [-0.3, -0.25) is 4.90 Å². The molecule has 0 saturated heterocycles. The van der Waals surface area contributed by atoms with E-state index in [1.54, 1.807) is 0 Å². The number of halogens is 1. The van der Waals surface area contributed by atoms with Crippen LogP contribution in [0, 0.1) is 0 Å². The van der Waals surface area contributed by atoms with Crippen molar-refractivity contribution in [3.63, 3.8) is 0 Å². The third-order valence-corrected chi connectivity index (χ3v) is 2.60. The van der Waals surface area contributed by atoms with Crippen molar-refractivity contribution in [2.75, 3.05) is 13.2 Å². The van der Waals surface area contributed by atoms with Gasteiger partial charge in [-0.2, -0.15) is 0 Å². The number of aliphatic hydroxyl groups is 1. The van der Waals surface area contributed by atoms with Gasteiger partial charge in [-0.25, -0.2) is 4.39 Å². The van der Waals surface area contributed by atoms with Crippen molar-refractivity contribution < 1.29 is 9.50 Å². The number of hydrogen-bond acceptors (Lipinski definition) is 2. The standard InChI is InChI=1S/C9H18FNO/c1-7(2)11(5-6-12)9-4-3-8(9)10/h7-9,12H,3-6H2,1-2H3. The first-order valence-electron chi connectivity index (χ1n) is 4.67. The molecule has 0 heterocycles. The SMILES string of the molecule is CC(C)N(CCO)C1CCC1F. The number of hydrogen-bond donors (Lipinski definition) is 1. The molecule has 0 amide bonds. The Morgan fingerprint density at radius 2 is 2.17 bits per heavy atom. The van der Waals surface area contributed by atoms with Crippen LogP contribution in [-0.4, -0.2) is 41.4 Å². The first kappa shape index (κ1) is 9.93. The Balaban J connectivity index is 2.41. The van der Waals surface area contributed by atoms with E-state index >= 15 is 0 Å². The van der Waals surface area contributed by atoms with E-state index in [0.29, 0.717) is 19.0 Å². The normalized spacial score (nSPS) is 29.5. The van der Waals surface area contributed by atoms with Crippen molar-refractivity contribution in [2.45, 2.75) is 44.9 Å². The van der Waals surface area contributed by atoms with Gasteiger partial charge < -0.3 is 5.11 Å². The predicted octanol–water partition coefficient (Wildman–Crippen LogP) is 1.19. The van der Waals surface area contributed by atoms with E-state index in [1.807, 2.05) is 18.7 Å². The molecule has 1 rings (SSSR count). The fourth-order valence-electron chi connectivity index (χ4n) is 1.74. The minimum Gasteiger partial charge on any atom is -0.395 e. The van der Waals surface area contributed by atoms with Crippen molar-refractivity contribution in [1.29, 1.82) is 0 Å². The third-order valence-electron chi connectivity index (χ3n) is 2.60. The van der Waals surface area contributed by atoms with E-state index in [1.165, 1.54) is 0 Å². The molecule has 1 aliphatic rings. The summed E-state index contributed by atoms with van der Waals surface area (Å²) in [6.07, 6.45) is 0.970. The number of rotatable bonds is 4. The van der Waals surface area contributed by atoms with Gasteiger partial charge in [-0.05, 0) is 26.7 Å². The lowest BCUT2D eigenvalue weighted by molar-refractivity contribution is 0.00594. The number of aliphatic hydroxyl groups excluding tert-OH is 1. The van der Waals surface area contributed by atoms with Crippen molar-refractivity contribution in [1.82, 2.24) is 4.90 Å². The van der Waals surface area contributed by atoms with Crippen molar-refractivity contribution in [3.8, 4) is 0 Å². The van der Waals surface area contributed by atoms with E-state index in [0.717, 1.165) is 6.42 Å². The van der Waals surface area contributed by atoms with Crippen molar-refractivity contribution >= 4 is 0 Å². The van der Waals surface area contributed by atoms with Crippen LogP contribution < -0.4 is 0 Å². The highest BCUT2D eigenvalue weighted by molar-refractivity contribution is 4.90. The molecule has 0 aromatic rings. The molecular weight excluding hydrogens is 157 g/mol. The number of alkyl halides is 1. The van der Waals surface area contributed by atoms with E-state index in [4.69, 9.17) is 5.11 Å². The lowest BCUT2D eigenvalue weighted by atomic mass is 9.88. The van der Waals surface area contributed by atoms with E-state index in [2.05, 4.69) is 0 Å². The lowest BCUT2D eigenvalue weighted by Crippen LogP contribution is -2.52. The second-order valence-corrected chi connectivity index (χ2v) is 3.72. The Morgan fingerprint density at radius 1 is 1.50 bits per heavy atom. The molecule has 12 heavy (non-hydrogen) atoms. The fraction of sp³-hybridized carbons (Fsp3) is 1.00. The molecule has 1 saturated carbocycles. The molecule has 0 aromatic carbocycles. The summed E-state index contributed by atoms with van der Waals surface area (Å²) in [5.41, 5.74) is 0. The van der Waals surface area contributed by atoms with Gasteiger partial charge in [-0.1, -0.05) is 0 Å². The van der Waals surface area contributed by atoms with Crippen LogP contribution in [0.2, 0.25) is 0 Å². The molecule has 0 bridgehead atoms. The molecule has 1 fully saturated rings. The van der Waals surface area contributed by atoms with Gasteiger partial charge in [0.15, 0.2) is 0 Å². The Morgan fingerprint density at radius 3 is 2.42 bits per heavy atom. The zero-order valence-corrected chi connectivity index (χ0v) is 7.83. The minimum absolute atomic E-state index is 0.0668. The summed E-state index contributed by atoms with van der Waals surface area (Å²) in [6, 6.07) is 0.401. The summed E-state index contributed by atoms with van der Waals surface area (Å²) in [5.74, 6) is 0. The van der Waals surface area contributed by atoms with Crippen LogP contribution in [0.4, 0.5) is 4.39 Å². The molecule has 3 heteroatoms. The average molecular weight is 175 g/mol. The predicted molar refractivity (Wildman–Crippen MR) is 46.8 cm³/mol. The van der Waals surface area contributed by atoms with Gasteiger partial charge in [0, 0.05) is 18.6 Å². The van der Waals surface area contributed by atoms with Crippen LogP contribution in [0.5, 0.6) is 0 Å². The third kappa shape index (κ3) is 1.96. The number of nitrogens with zero attached hydrogens (tertiary/aromatic N) is 1. The Labute approximate surface area is 73.4 Å². The van der Waals surface area contributed by atoms with Gasteiger partial charge in [0.2, 0.25) is 0 Å². The van der Waals surface area contributed by atoms with Gasteiger partial charge in [0.1, 0.15) is 6.17 Å². The van der Waals surface area contributed by atoms with Crippen molar-refractivity contribution in [3.05, 3.63) is 0 Å². The Bertz CT molecular complexity index is 140.